The second-order valence-corrected chi connectivity index (χ2v) is 6.46. The second-order valence-electron chi connectivity index (χ2n) is 5.58. The fourth-order valence-electron chi connectivity index (χ4n) is 2.38. The Kier molecular flexibility index (Phi) is 4.41. The third kappa shape index (κ3) is 2.92. The zero-order valence-corrected chi connectivity index (χ0v) is 13.5. The van der Waals surface area contributed by atoms with Gasteiger partial charge in [-0.05, 0) is 31.2 Å². The van der Waals surface area contributed by atoms with Crippen molar-refractivity contribution < 1.29 is 24.2 Å². The maximum atomic E-state index is 12.3. The van der Waals surface area contributed by atoms with Gasteiger partial charge in [0, 0.05) is 13.1 Å². The first kappa shape index (κ1) is 16.3. The van der Waals surface area contributed by atoms with Crippen molar-refractivity contribution in [1.29, 1.82) is 0 Å². The predicted octanol–water partition coefficient (Wildman–Crippen LogP) is 2.17. The summed E-state index contributed by atoms with van der Waals surface area (Å²) < 4.78 is 4.71. The van der Waals surface area contributed by atoms with Crippen LogP contribution in [0.2, 0.25) is 0 Å². The second kappa shape index (κ2) is 5.96. The Balaban J connectivity index is 2.11. The topological polar surface area (TPSA) is 95.9 Å². The van der Waals surface area contributed by atoms with E-state index in [0.29, 0.717) is 23.5 Å². The number of hydrogen-bond acceptors (Lipinski definition) is 5. The summed E-state index contributed by atoms with van der Waals surface area (Å²) >= 11 is 1.24. The van der Waals surface area contributed by atoms with Gasteiger partial charge in [0.15, 0.2) is 0 Å². The van der Waals surface area contributed by atoms with E-state index in [9.17, 15) is 19.5 Å². The summed E-state index contributed by atoms with van der Waals surface area (Å²) in [5.41, 5.74) is 0.137. The average Bonchev–Trinajstić information content (AvgIpc) is 3.03. The van der Waals surface area contributed by atoms with Gasteiger partial charge in [0.1, 0.15) is 5.00 Å². The van der Waals surface area contributed by atoms with Crippen LogP contribution in [0.4, 0.5) is 9.80 Å². The molecule has 2 rings (SSSR count). The van der Waals surface area contributed by atoms with E-state index in [1.54, 1.807) is 19.2 Å². The minimum Gasteiger partial charge on any atom is -0.481 e. The molecule has 1 aliphatic rings. The number of likely N-dealkylation sites (tertiary alicyclic amines) is 1. The van der Waals surface area contributed by atoms with Gasteiger partial charge in [-0.2, -0.15) is 0 Å². The molecular weight excluding hydrogens is 308 g/mol. The maximum absolute atomic E-state index is 12.3. The molecule has 1 aliphatic heterocycles. The third-order valence-electron chi connectivity index (χ3n) is 3.86. The van der Waals surface area contributed by atoms with E-state index in [0.717, 1.165) is 5.56 Å². The molecule has 0 bridgehead atoms. The maximum Gasteiger partial charge on any atom is 0.341 e. The minimum absolute atomic E-state index is 0.145. The van der Waals surface area contributed by atoms with Gasteiger partial charge in [-0.15, -0.1) is 11.3 Å². The molecule has 0 aliphatic carbocycles. The van der Waals surface area contributed by atoms with Gasteiger partial charge in [0.25, 0.3) is 0 Å². The molecule has 0 spiro atoms. The van der Waals surface area contributed by atoms with Gasteiger partial charge >= 0.3 is 18.0 Å². The fourth-order valence-corrected chi connectivity index (χ4v) is 3.30. The van der Waals surface area contributed by atoms with Gasteiger partial charge < -0.3 is 14.7 Å². The van der Waals surface area contributed by atoms with Crippen LogP contribution in [0.5, 0.6) is 0 Å². The van der Waals surface area contributed by atoms with Crippen LogP contribution in [0.3, 0.4) is 0 Å². The van der Waals surface area contributed by atoms with Crippen molar-refractivity contribution in [1.82, 2.24) is 4.90 Å². The van der Waals surface area contributed by atoms with Crippen LogP contribution in [0.1, 0.15) is 29.3 Å². The SMILES string of the molecule is COC(=O)c1c(C)csc1NC(=O)N1CCC(C)(C(=O)O)C1. The lowest BCUT2D eigenvalue weighted by Crippen LogP contribution is -2.37. The number of carboxylic acids is 1. The first-order chi connectivity index (χ1) is 10.3. The van der Waals surface area contributed by atoms with Gasteiger partial charge in [-0.3, -0.25) is 10.1 Å². The number of rotatable bonds is 3. The van der Waals surface area contributed by atoms with E-state index in [1.165, 1.54) is 23.3 Å². The summed E-state index contributed by atoms with van der Waals surface area (Å²) in [6.45, 7) is 3.90. The van der Waals surface area contributed by atoms with Crippen molar-refractivity contribution in [2.45, 2.75) is 20.3 Å². The summed E-state index contributed by atoms with van der Waals surface area (Å²) in [4.78, 5) is 36.7. The molecule has 1 aromatic heterocycles. The normalized spacial score (nSPS) is 20.8. The van der Waals surface area contributed by atoms with Crippen LogP contribution >= 0.6 is 11.3 Å². The number of carbonyl (C=O) groups excluding carboxylic acids is 2. The highest BCUT2D eigenvalue weighted by Gasteiger charge is 2.42. The Bertz CT molecular complexity index is 627. The lowest BCUT2D eigenvalue weighted by molar-refractivity contribution is -0.146. The standard InChI is InChI=1S/C14H18N2O5S/c1-8-6-22-10(9(8)11(17)21-3)15-13(20)16-5-4-14(2,7-16)12(18)19/h6H,4-5,7H2,1-3H3,(H,15,20)(H,18,19). The number of esters is 1. The molecule has 1 aromatic rings. The molecule has 8 heteroatoms. The number of carbonyl (C=O) groups is 3. The summed E-state index contributed by atoms with van der Waals surface area (Å²) in [5.74, 6) is -1.42. The summed E-state index contributed by atoms with van der Waals surface area (Å²) in [6, 6.07) is -0.406. The molecule has 2 heterocycles. The molecule has 2 N–H and O–H groups in total. The number of aliphatic carboxylic acids is 1. The number of urea groups is 1. The number of aryl methyl sites for hydroxylation is 1. The van der Waals surface area contributed by atoms with Crippen LogP contribution in [0.25, 0.3) is 0 Å². The highest BCUT2D eigenvalue weighted by Crippen LogP contribution is 2.32. The van der Waals surface area contributed by atoms with E-state index >= 15 is 0 Å². The van der Waals surface area contributed by atoms with Gasteiger partial charge in [-0.1, -0.05) is 0 Å². The van der Waals surface area contributed by atoms with Crippen LogP contribution in [0, 0.1) is 12.3 Å². The first-order valence-electron chi connectivity index (χ1n) is 6.74. The lowest BCUT2D eigenvalue weighted by atomic mass is 9.90. The molecule has 1 saturated heterocycles. The Morgan fingerprint density at radius 3 is 2.68 bits per heavy atom. The van der Waals surface area contributed by atoms with Crippen LogP contribution in [-0.2, 0) is 9.53 Å². The van der Waals surface area contributed by atoms with E-state index in [-0.39, 0.29) is 6.54 Å². The van der Waals surface area contributed by atoms with E-state index in [1.807, 2.05) is 0 Å². The van der Waals surface area contributed by atoms with Crippen molar-refractivity contribution >= 4 is 34.3 Å². The summed E-state index contributed by atoms with van der Waals surface area (Å²) in [6.07, 6.45) is 0.406. The van der Waals surface area contributed by atoms with E-state index < -0.39 is 23.4 Å². The Hall–Kier alpha value is -2.09. The summed E-state index contributed by atoms with van der Waals surface area (Å²) in [7, 11) is 1.28. The number of carboxylic acid groups (broad SMARTS) is 1. The Morgan fingerprint density at radius 2 is 2.14 bits per heavy atom. The first-order valence-corrected chi connectivity index (χ1v) is 7.62. The third-order valence-corrected chi connectivity index (χ3v) is 4.88. The molecule has 0 saturated carbocycles. The number of hydrogen-bond donors (Lipinski definition) is 2. The largest absolute Gasteiger partial charge is 0.481 e. The van der Waals surface area contributed by atoms with Gasteiger partial charge in [-0.25, -0.2) is 9.59 Å². The quantitative estimate of drug-likeness (QED) is 0.830. The number of nitrogens with zero attached hydrogens (tertiary/aromatic N) is 1. The fraction of sp³-hybridized carbons (Fsp3) is 0.500. The van der Waals surface area contributed by atoms with Crippen LogP contribution < -0.4 is 5.32 Å². The molecule has 120 valence electrons. The van der Waals surface area contributed by atoms with Crippen molar-refractivity contribution in [2.24, 2.45) is 5.41 Å². The molecule has 1 fully saturated rings. The number of amides is 2. The molecule has 7 nitrogen and oxygen atoms in total. The van der Waals surface area contributed by atoms with Crippen molar-refractivity contribution in [3.63, 3.8) is 0 Å². The zero-order chi connectivity index (χ0) is 16.5. The molecule has 1 unspecified atom stereocenters. The average molecular weight is 326 g/mol. The van der Waals surface area contributed by atoms with Crippen molar-refractivity contribution in [3.05, 3.63) is 16.5 Å². The van der Waals surface area contributed by atoms with E-state index in [4.69, 9.17) is 4.74 Å². The lowest BCUT2D eigenvalue weighted by Gasteiger charge is -2.20. The smallest absolute Gasteiger partial charge is 0.341 e. The minimum atomic E-state index is -0.923. The molecule has 0 radical (unpaired) electrons. The zero-order valence-electron chi connectivity index (χ0n) is 12.6. The molecule has 1 atom stereocenters. The Morgan fingerprint density at radius 1 is 1.45 bits per heavy atom. The van der Waals surface area contributed by atoms with Crippen LogP contribution in [-0.4, -0.2) is 48.2 Å². The predicted molar refractivity (Wildman–Crippen MR) is 81.3 cm³/mol. The number of ether oxygens (including phenoxy) is 1. The molecular formula is C14H18N2O5S. The van der Waals surface area contributed by atoms with E-state index in [2.05, 4.69) is 5.32 Å². The molecule has 2 amide bonds. The number of anilines is 1. The molecule has 22 heavy (non-hydrogen) atoms. The highest BCUT2D eigenvalue weighted by molar-refractivity contribution is 7.15. The van der Waals surface area contributed by atoms with Gasteiger partial charge in [0.05, 0.1) is 18.1 Å². The number of thiophene rings is 1. The Labute approximate surface area is 131 Å². The van der Waals surface area contributed by atoms with Crippen molar-refractivity contribution in [3.8, 4) is 0 Å². The molecule has 0 aromatic carbocycles. The van der Waals surface area contributed by atoms with Crippen LogP contribution in [0.15, 0.2) is 5.38 Å². The number of nitrogens with one attached hydrogen (secondary N) is 1. The van der Waals surface area contributed by atoms with Crippen molar-refractivity contribution in [2.75, 3.05) is 25.5 Å². The van der Waals surface area contributed by atoms with Gasteiger partial charge in [0.2, 0.25) is 0 Å². The summed E-state index contributed by atoms with van der Waals surface area (Å²) in [5, 5.41) is 14.0. The highest BCUT2D eigenvalue weighted by atomic mass is 32.1. The monoisotopic (exact) mass is 326 g/mol. The number of methoxy groups -OCH3 is 1.